The van der Waals surface area contributed by atoms with Crippen molar-refractivity contribution in [3.05, 3.63) is 30.0 Å². The minimum Gasteiger partial charge on any atom is -0.424 e. The number of nitrogens with zero attached hydrogens (tertiary/aromatic N) is 1. The monoisotopic (exact) mass is 330 g/mol. The number of para-hydroxylation sites is 1. The lowest BCUT2D eigenvalue weighted by Crippen LogP contribution is -2.38. The smallest absolute Gasteiger partial charge is 0.313 e. The number of aromatic amines is 1. The van der Waals surface area contributed by atoms with E-state index >= 15 is 0 Å². The molecule has 1 N–H and O–H groups in total. The first-order valence-corrected chi connectivity index (χ1v) is 8.87. The van der Waals surface area contributed by atoms with E-state index in [2.05, 4.69) is 43.6 Å². The Balaban J connectivity index is 2.20. The summed E-state index contributed by atoms with van der Waals surface area (Å²) >= 11 is 0. The number of H-pyrrole nitrogens is 1. The number of nitrogens with one attached hydrogen (secondary N) is 1. The molecule has 1 aromatic heterocycles. The molecule has 0 bridgehead atoms. The Morgan fingerprint density at radius 2 is 1.79 bits per heavy atom. The van der Waals surface area contributed by atoms with Crippen molar-refractivity contribution in [3.8, 4) is 5.75 Å². The molecular weight excluding hydrogens is 300 g/mol. The van der Waals surface area contributed by atoms with Gasteiger partial charge in [-0.15, -0.1) is 0 Å². The predicted molar refractivity (Wildman–Crippen MR) is 99.5 cm³/mol. The number of carbonyl (C=O) groups excluding carboxylic acids is 1. The zero-order chi connectivity index (χ0) is 17.9. The van der Waals surface area contributed by atoms with Crippen LogP contribution in [0.2, 0.25) is 0 Å². The van der Waals surface area contributed by atoms with Crippen LogP contribution < -0.4 is 4.74 Å². The summed E-state index contributed by atoms with van der Waals surface area (Å²) in [6.07, 6.45) is 3.01. The second-order valence-electron chi connectivity index (χ2n) is 7.24. The first-order chi connectivity index (χ1) is 11.3. The number of carbonyl (C=O) groups is 1. The van der Waals surface area contributed by atoms with Gasteiger partial charge in [-0.1, -0.05) is 26.0 Å². The van der Waals surface area contributed by atoms with Gasteiger partial charge in [0.15, 0.2) is 5.75 Å². The lowest BCUT2D eigenvalue weighted by Gasteiger charge is -2.30. The third kappa shape index (κ3) is 4.18. The van der Waals surface area contributed by atoms with Gasteiger partial charge in [-0.2, -0.15) is 0 Å². The van der Waals surface area contributed by atoms with Crippen LogP contribution in [0.25, 0.3) is 10.9 Å². The van der Waals surface area contributed by atoms with Crippen LogP contribution in [-0.4, -0.2) is 34.5 Å². The van der Waals surface area contributed by atoms with E-state index in [0.717, 1.165) is 23.9 Å². The molecule has 24 heavy (non-hydrogen) atoms. The number of benzene rings is 1. The highest BCUT2D eigenvalue weighted by Crippen LogP contribution is 2.28. The van der Waals surface area contributed by atoms with Crippen molar-refractivity contribution in [1.82, 2.24) is 9.88 Å². The lowest BCUT2D eigenvalue weighted by molar-refractivity contribution is -0.137. The first kappa shape index (κ1) is 18.5. The van der Waals surface area contributed by atoms with Crippen molar-refractivity contribution in [2.24, 2.45) is 5.92 Å². The van der Waals surface area contributed by atoms with E-state index in [1.165, 1.54) is 5.56 Å². The van der Waals surface area contributed by atoms with Gasteiger partial charge in [-0.05, 0) is 45.7 Å². The fourth-order valence-corrected chi connectivity index (χ4v) is 3.06. The highest BCUT2D eigenvalue weighted by molar-refractivity contribution is 5.90. The summed E-state index contributed by atoms with van der Waals surface area (Å²) in [6.45, 7) is 13.6. The maximum Gasteiger partial charge on any atom is 0.313 e. The van der Waals surface area contributed by atoms with Crippen LogP contribution in [0, 0.1) is 5.92 Å². The molecular formula is C20H30N2O2. The summed E-state index contributed by atoms with van der Waals surface area (Å²) in [6, 6.07) is 6.93. The van der Waals surface area contributed by atoms with Gasteiger partial charge in [0.25, 0.3) is 0 Å². The molecule has 0 atom stereocenters. The zero-order valence-corrected chi connectivity index (χ0v) is 15.7. The third-order valence-electron chi connectivity index (χ3n) is 4.41. The lowest BCUT2D eigenvalue weighted by atomic mass is 10.1. The summed E-state index contributed by atoms with van der Waals surface area (Å²) in [7, 11) is 0. The molecule has 0 aliphatic carbocycles. The van der Waals surface area contributed by atoms with Crippen LogP contribution in [0.5, 0.6) is 5.75 Å². The molecule has 0 fully saturated rings. The Morgan fingerprint density at radius 3 is 2.38 bits per heavy atom. The molecule has 0 amide bonds. The predicted octanol–water partition coefficient (Wildman–Crippen LogP) is 4.39. The van der Waals surface area contributed by atoms with E-state index in [0.29, 0.717) is 17.8 Å². The second kappa shape index (κ2) is 7.84. The van der Waals surface area contributed by atoms with Crippen molar-refractivity contribution in [3.63, 3.8) is 0 Å². The first-order valence-electron chi connectivity index (χ1n) is 8.87. The Kier molecular flexibility index (Phi) is 6.05. The Hall–Kier alpha value is -1.81. The molecule has 0 saturated heterocycles. The number of rotatable bonds is 7. The van der Waals surface area contributed by atoms with Crippen molar-refractivity contribution in [2.75, 3.05) is 6.54 Å². The van der Waals surface area contributed by atoms with Crippen molar-refractivity contribution >= 4 is 16.9 Å². The highest BCUT2D eigenvalue weighted by Gasteiger charge is 2.16. The maximum absolute atomic E-state index is 11.9. The van der Waals surface area contributed by atoms with Crippen LogP contribution in [-0.2, 0) is 11.2 Å². The normalized spacial score (nSPS) is 12.1. The van der Waals surface area contributed by atoms with Crippen LogP contribution in [0.4, 0.5) is 0 Å². The molecule has 132 valence electrons. The molecule has 2 aromatic rings. The van der Waals surface area contributed by atoms with Crippen LogP contribution >= 0.6 is 0 Å². The molecule has 1 heterocycles. The number of ether oxygens (including phenoxy) is 1. The summed E-state index contributed by atoms with van der Waals surface area (Å²) in [5.41, 5.74) is 2.17. The molecule has 0 spiro atoms. The van der Waals surface area contributed by atoms with Gasteiger partial charge in [-0.25, -0.2) is 0 Å². The molecule has 4 nitrogen and oxygen atoms in total. The van der Waals surface area contributed by atoms with Crippen LogP contribution in [0.3, 0.4) is 0 Å². The third-order valence-corrected chi connectivity index (χ3v) is 4.41. The van der Waals surface area contributed by atoms with Gasteiger partial charge in [-0.3, -0.25) is 9.69 Å². The zero-order valence-electron chi connectivity index (χ0n) is 15.7. The van der Waals surface area contributed by atoms with E-state index in [1.54, 1.807) is 0 Å². The van der Waals surface area contributed by atoms with Gasteiger partial charge in [0.05, 0.1) is 11.4 Å². The van der Waals surface area contributed by atoms with Gasteiger partial charge >= 0.3 is 5.97 Å². The fraction of sp³-hybridized carbons (Fsp3) is 0.550. The standard InChI is InChI=1S/C20H30N2O2/c1-13(2)20(23)24-18-9-7-8-17-16(12-21-19(17)18)10-11-22(14(3)4)15(5)6/h7-9,12-15,21H,10-11H2,1-6H3. The van der Waals surface area contributed by atoms with Crippen molar-refractivity contribution in [1.29, 1.82) is 0 Å². The molecule has 0 saturated carbocycles. The summed E-state index contributed by atoms with van der Waals surface area (Å²) in [5.74, 6) is 0.270. The summed E-state index contributed by atoms with van der Waals surface area (Å²) < 4.78 is 5.52. The van der Waals surface area contributed by atoms with E-state index < -0.39 is 0 Å². The number of fused-ring (bicyclic) bond motifs is 1. The van der Waals surface area contributed by atoms with Gasteiger partial charge in [0, 0.05) is 30.2 Å². The summed E-state index contributed by atoms with van der Waals surface area (Å²) in [4.78, 5) is 17.7. The molecule has 0 aliphatic rings. The SMILES string of the molecule is CC(C)C(=O)Oc1cccc2c(CCN(C(C)C)C(C)C)c[nH]c12. The van der Waals surface area contributed by atoms with Crippen LogP contribution in [0.15, 0.2) is 24.4 Å². The van der Waals surface area contributed by atoms with E-state index in [-0.39, 0.29) is 11.9 Å². The highest BCUT2D eigenvalue weighted by atomic mass is 16.5. The summed E-state index contributed by atoms with van der Waals surface area (Å²) in [5, 5.41) is 1.14. The Bertz CT molecular complexity index is 678. The molecule has 0 unspecified atom stereocenters. The fourth-order valence-electron chi connectivity index (χ4n) is 3.06. The largest absolute Gasteiger partial charge is 0.424 e. The second-order valence-corrected chi connectivity index (χ2v) is 7.24. The Morgan fingerprint density at radius 1 is 1.12 bits per heavy atom. The van der Waals surface area contributed by atoms with Crippen molar-refractivity contribution in [2.45, 2.75) is 60.0 Å². The van der Waals surface area contributed by atoms with Crippen molar-refractivity contribution < 1.29 is 9.53 Å². The number of hydrogen-bond donors (Lipinski definition) is 1. The molecule has 4 heteroatoms. The van der Waals surface area contributed by atoms with Gasteiger partial charge in [0.1, 0.15) is 0 Å². The number of esters is 1. The van der Waals surface area contributed by atoms with Crippen LogP contribution in [0.1, 0.15) is 47.1 Å². The molecule has 2 rings (SSSR count). The van der Waals surface area contributed by atoms with E-state index in [9.17, 15) is 4.79 Å². The number of aromatic nitrogens is 1. The average molecular weight is 330 g/mol. The molecule has 0 radical (unpaired) electrons. The average Bonchev–Trinajstić information content (AvgIpc) is 2.91. The minimum atomic E-state index is -0.204. The maximum atomic E-state index is 11.9. The molecule has 0 aliphatic heterocycles. The molecule has 1 aromatic carbocycles. The Labute approximate surface area is 145 Å². The van der Waals surface area contributed by atoms with E-state index in [1.807, 2.05) is 32.2 Å². The van der Waals surface area contributed by atoms with E-state index in [4.69, 9.17) is 4.74 Å². The minimum absolute atomic E-state index is 0.139. The number of hydrogen-bond acceptors (Lipinski definition) is 3. The van der Waals surface area contributed by atoms with Gasteiger partial charge in [0.2, 0.25) is 0 Å². The topological polar surface area (TPSA) is 45.3 Å². The van der Waals surface area contributed by atoms with Gasteiger partial charge < -0.3 is 9.72 Å². The quantitative estimate of drug-likeness (QED) is 0.605.